The lowest BCUT2D eigenvalue weighted by Crippen LogP contribution is -2.39. The number of rotatable bonds is 8. The highest BCUT2D eigenvalue weighted by atomic mass is 35.5. The first-order valence-electron chi connectivity index (χ1n) is 6.84. The third-order valence-corrected chi connectivity index (χ3v) is 3.13. The molecule has 0 bridgehead atoms. The normalized spacial score (nSPS) is 11.2. The lowest BCUT2D eigenvalue weighted by molar-refractivity contribution is -0.132. The minimum atomic E-state index is -0.317. The Hall–Kier alpha value is -1.63. The molecule has 1 aromatic carbocycles. The van der Waals surface area contributed by atoms with Gasteiger partial charge in [-0.05, 0) is 5.56 Å². The number of nitrogens with two attached hydrogens (primary N) is 1. The molecular weight excluding hydrogens is 306 g/mol. The summed E-state index contributed by atoms with van der Waals surface area (Å²) in [6.07, 6.45) is -0.162. The Bertz CT molecular complexity index is 453. The maximum atomic E-state index is 11.9. The molecule has 7 heteroatoms. The number of methoxy groups -OCH3 is 1. The Kier molecular flexibility index (Phi) is 10.2. The van der Waals surface area contributed by atoms with E-state index < -0.39 is 0 Å². The molecule has 0 heterocycles. The van der Waals surface area contributed by atoms with E-state index in [9.17, 15) is 9.59 Å². The zero-order chi connectivity index (χ0) is 15.7. The van der Waals surface area contributed by atoms with Crippen LogP contribution in [0.1, 0.15) is 12.0 Å². The van der Waals surface area contributed by atoms with Crippen molar-refractivity contribution in [2.45, 2.75) is 19.1 Å². The number of amides is 2. The average molecular weight is 330 g/mol. The van der Waals surface area contributed by atoms with Crippen LogP contribution in [-0.2, 0) is 20.9 Å². The van der Waals surface area contributed by atoms with Gasteiger partial charge < -0.3 is 20.7 Å². The molecule has 1 aromatic rings. The summed E-state index contributed by atoms with van der Waals surface area (Å²) in [5.74, 6) is -0.386. The van der Waals surface area contributed by atoms with Crippen LogP contribution in [0.5, 0.6) is 0 Å². The Balaban J connectivity index is 0.00000441. The van der Waals surface area contributed by atoms with E-state index in [1.807, 2.05) is 30.3 Å². The van der Waals surface area contributed by atoms with Crippen LogP contribution in [0, 0.1) is 0 Å². The van der Waals surface area contributed by atoms with Gasteiger partial charge in [0.25, 0.3) is 0 Å². The van der Waals surface area contributed by atoms with E-state index in [0.717, 1.165) is 5.56 Å². The van der Waals surface area contributed by atoms with Crippen molar-refractivity contribution in [1.82, 2.24) is 10.2 Å². The number of benzene rings is 1. The fourth-order valence-electron chi connectivity index (χ4n) is 1.80. The number of ether oxygens (including phenoxy) is 1. The van der Waals surface area contributed by atoms with E-state index in [2.05, 4.69) is 5.32 Å². The van der Waals surface area contributed by atoms with Crippen LogP contribution in [0.3, 0.4) is 0 Å². The van der Waals surface area contributed by atoms with Gasteiger partial charge in [-0.1, -0.05) is 30.3 Å². The molecular formula is C15H24ClN3O3. The monoisotopic (exact) mass is 329 g/mol. The maximum Gasteiger partial charge on any atom is 0.242 e. The van der Waals surface area contributed by atoms with Gasteiger partial charge in [-0.15, -0.1) is 12.4 Å². The van der Waals surface area contributed by atoms with Gasteiger partial charge >= 0.3 is 0 Å². The lowest BCUT2D eigenvalue weighted by Gasteiger charge is -2.18. The number of halogens is 1. The lowest BCUT2D eigenvalue weighted by atomic mass is 10.2. The van der Waals surface area contributed by atoms with Crippen LogP contribution in [0.25, 0.3) is 0 Å². The second-order valence-corrected chi connectivity index (χ2v) is 4.81. The van der Waals surface area contributed by atoms with Gasteiger partial charge in [-0.3, -0.25) is 9.59 Å². The summed E-state index contributed by atoms with van der Waals surface area (Å²) in [5.41, 5.74) is 6.49. The minimum absolute atomic E-state index is 0. The Morgan fingerprint density at radius 1 is 1.32 bits per heavy atom. The van der Waals surface area contributed by atoms with E-state index in [1.54, 1.807) is 11.9 Å². The van der Waals surface area contributed by atoms with Gasteiger partial charge in [0.2, 0.25) is 11.8 Å². The average Bonchev–Trinajstić information content (AvgIpc) is 2.51. The predicted molar refractivity (Wildman–Crippen MR) is 87.6 cm³/mol. The molecule has 0 spiro atoms. The number of nitrogens with zero attached hydrogens (tertiary/aromatic N) is 1. The third-order valence-electron chi connectivity index (χ3n) is 3.13. The summed E-state index contributed by atoms with van der Waals surface area (Å²) in [5, 5.41) is 2.58. The smallest absolute Gasteiger partial charge is 0.242 e. The first-order valence-corrected chi connectivity index (χ1v) is 6.84. The number of nitrogens with one attached hydrogen (secondary N) is 1. The van der Waals surface area contributed by atoms with Crippen LogP contribution in [-0.4, -0.2) is 50.1 Å². The fourth-order valence-corrected chi connectivity index (χ4v) is 1.80. The van der Waals surface area contributed by atoms with Crippen molar-refractivity contribution >= 4 is 24.2 Å². The molecule has 6 nitrogen and oxygen atoms in total. The van der Waals surface area contributed by atoms with Crippen LogP contribution >= 0.6 is 12.4 Å². The van der Waals surface area contributed by atoms with Crippen molar-refractivity contribution in [2.24, 2.45) is 5.73 Å². The summed E-state index contributed by atoms with van der Waals surface area (Å²) in [6.45, 7) is 0.758. The van der Waals surface area contributed by atoms with Gasteiger partial charge in [0.05, 0.1) is 19.1 Å². The summed E-state index contributed by atoms with van der Waals surface area (Å²) in [4.78, 5) is 25.1. The van der Waals surface area contributed by atoms with Gasteiger partial charge in [-0.2, -0.15) is 0 Å². The van der Waals surface area contributed by atoms with Crippen molar-refractivity contribution in [3.63, 3.8) is 0 Å². The van der Waals surface area contributed by atoms with E-state index in [1.165, 1.54) is 7.11 Å². The summed E-state index contributed by atoms with van der Waals surface area (Å²) in [6, 6.07) is 9.68. The van der Waals surface area contributed by atoms with Crippen molar-refractivity contribution in [2.75, 3.05) is 27.2 Å². The Morgan fingerprint density at radius 3 is 2.50 bits per heavy atom. The molecule has 1 atom stereocenters. The molecule has 1 unspecified atom stereocenters. The first-order chi connectivity index (χ1) is 10.1. The SMILES string of the molecule is COC(CN)CC(=O)NCC(=O)N(C)Cc1ccccc1.Cl. The molecule has 2 amide bonds. The molecule has 124 valence electrons. The molecule has 0 saturated heterocycles. The van der Waals surface area contributed by atoms with E-state index >= 15 is 0 Å². The summed E-state index contributed by atoms with van der Waals surface area (Å²) >= 11 is 0. The van der Waals surface area contributed by atoms with Crippen molar-refractivity contribution in [1.29, 1.82) is 0 Å². The minimum Gasteiger partial charge on any atom is -0.380 e. The number of hydrogen-bond acceptors (Lipinski definition) is 4. The highest BCUT2D eigenvalue weighted by molar-refractivity contribution is 5.85. The number of likely N-dealkylation sites (N-methyl/N-ethyl adjacent to an activating group) is 1. The molecule has 1 rings (SSSR count). The van der Waals surface area contributed by atoms with Crippen molar-refractivity contribution in [3.05, 3.63) is 35.9 Å². The van der Waals surface area contributed by atoms with Crippen LogP contribution < -0.4 is 11.1 Å². The zero-order valence-corrected chi connectivity index (χ0v) is 13.8. The standard InChI is InChI=1S/C15H23N3O3.ClH/c1-18(11-12-6-4-3-5-7-12)15(20)10-17-14(19)8-13(9-16)21-2;/h3-7,13H,8-11,16H2,1-2H3,(H,17,19);1H. The quantitative estimate of drug-likeness (QED) is 0.729. The van der Waals surface area contributed by atoms with Gasteiger partial charge in [0, 0.05) is 27.2 Å². The molecule has 0 aliphatic carbocycles. The van der Waals surface area contributed by atoms with Gasteiger partial charge in [-0.25, -0.2) is 0 Å². The van der Waals surface area contributed by atoms with E-state index in [-0.39, 0.29) is 49.8 Å². The van der Waals surface area contributed by atoms with Crippen LogP contribution in [0.15, 0.2) is 30.3 Å². The molecule has 22 heavy (non-hydrogen) atoms. The first kappa shape index (κ1) is 20.4. The van der Waals surface area contributed by atoms with Crippen molar-refractivity contribution in [3.8, 4) is 0 Å². The second kappa shape index (κ2) is 11.0. The number of carbonyl (C=O) groups excluding carboxylic acids is 2. The topological polar surface area (TPSA) is 84.7 Å². The second-order valence-electron chi connectivity index (χ2n) is 4.81. The molecule has 0 fully saturated rings. The van der Waals surface area contributed by atoms with Crippen molar-refractivity contribution < 1.29 is 14.3 Å². The molecule has 3 N–H and O–H groups in total. The molecule has 0 saturated carbocycles. The molecule has 0 aliphatic heterocycles. The third kappa shape index (κ3) is 7.40. The number of carbonyl (C=O) groups is 2. The Morgan fingerprint density at radius 2 is 1.95 bits per heavy atom. The largest absolute Gasteiger partial charge is 0.380 e. The maximum absolute atomic E-state index is 11.9. The predicted octanol–water partition coefficient (Wildman–Crippen LogP) is 0.547. The van der Waals surface area contributed by atoms with Gasteiger partial charge in [0.15, 0.2) is 0 Å². The van der Waals surface area contributed by atoms with E-state index in [4.69, 9.17) is 10.5 Å². The fraction of sp³-hybridized carbons (Fsp3) is 0.467. The molecule has 0 radical (unpaired) electrons. The summed E-state index contributed by atoms with van der Waals surface area (Å²) in [7, 11) is 3.21. The van der Waals surface area contributed by atoms with E-state index in [0.29, 0.717) is 6.54 Å². The highest BCUT2D eigenvalue weighted by Crippen LogP contribution is 2.02. The molecule has 0 aromatic heterocycles. The van der Waals surface area contributed by atoms with Gasteiger partial charge in [0.1, 0.15) is 0 Å². The zero-order valence-electron chi connectivity index (χ0n) is 13.0. The van der Waals surface area contributed by atoms with Crippen LogP contribution in [0.2, 0.25) is 0 Å². The van der Waals surface area contributed by atoms with Crippen LogP contribution in [0.4, 0.5) is 0 Å². The molecule has 0 aliphatic rings. The Labute approximate surface area is 137 Å². The highest BCUT2D eigenvalue weighted by Gasteiger charge is 2.14. The summed E-state index contributed by atoms with van der Waals surface area (Å²) < 4.78 is 5.02. The number of hydrogen-bond donors (Lipinski definition) is 2.